The molecule has 4 rings (SSSR count). The fourth-order valence-electron chi connectivity index (χ4n) is 5.47. The molecular formula is C27H27FN2O7. The minimum atomic E-state index is -2.60. The first-order valence-corrected chi connectivity index (χ1v) is 11.6. The highest BCUT2D eigenvalue weighted by Gasteiger charge is 2.58. The first-order valence-electron chi connectivity index (χ1n) is 11.6. The van der Waals surface area contributed by atoms with Crippen molar-refractivity contribution in [2.75, 3.05) is 0 Å². The predicted molar refractivity (Wildman–Crippen MR) is 130 cm³/mol. The SMILES string of the molecule is CC(=O)C1=C(O)[C@]2(O)C(=O)C(C(N)=O)=C(O)C[C@@H]2C[C@@H]1Cc1cc(O)c(CN)cc1-c1ccc(F)cc1. The fraction of sp³-hybridized carbons (Fsp3) is 0.296. The van der Waals surface area contributed by atoms with E-state index in [-0.39, 0.29) is 37.1 Å². The number of carbonyl (C=O) groups is 3. The summed E-state index contributed by atoms with van der Waals surface area (Å²) in [5, 5.41) is 43.2. The van der Waals surface area contributed by atoms with Gasteiger partial charge < -0.3 is 31.9 Å². The minimum absolute atomic E-state index is 0.0143. The number of nitrogens with two attached hydrogens (primary N) is 2. The van der Waals surface area contributed by atoms with Crippen LogP contribution in [0.25, 0.3) is 11.1 Å². The lowest BCUT2D eigenvalue weighted by molar-refractivity contribution is -0.144. The van der Waals surface area contributed by atoms with Crippen LogP contribution in [0.15, 0.2) is 59.1 Å². The molecule has 3 atom stereocenters. The molecule has 0 aromatic heterocycles. The van der Waals surface area contributed by atoms with Gasteiger partial charge in [-0.1, -0.05) is 12.1 Å². The van der Waals surface area contributed by atoms with Gasteiger partial charge in [-0.05, 0) is 66.6 Å². The van der Waals surface area contributed by atoms with Crippen LogP contribution in [0.1, 0.15) is 30.9 Å². The third-order valence-electron chi connectivity index (χ3n) is 7.26. The molecular weight excluding hydrogens is 483 g/mol. The number of aliphatic hydroxyl groups excluding tert-OH is 2. The Hall–Kier alpha value is -4.02. The molecule has 2 aromatic rings. The maximum atomic E-state index is 13.6. The molecule has 2 aliphatic carbocycles. The van der Waals surface area contributed by atoms with Crippen molar-refractivity contribution in [3.05, 3.63) is 76.0 Å². The molecule has 0 fully saturated rings. The summed E-state index contributed by atoms with van der Waals surface area (Å²) in [6.07, 6.45) is -0.258. The molecule has 10 heteroatoms. The summed E-state index contributed by atoms with van der Waals surface area (Å²) in [6.45, 7) is 1.21. The number of Topliss-reactive ketones (excluding diaryl/α,β-unsaturated/α-hetero) is 2. The van der Waals surface area contributed by atoms with Crippen LogP contribution in [0.3, 0.4) is 0 Å². The number of phenolic OH excluding ortho intramolecular Hbond substituents is 1. The van der Waals surface area contributed by atoms with Crippen LogP contribution in [0.5, 0.6) is 5.75 Å². The molecule has 9 nitrogen and oxygen atoms in total. The van der Waals surface area contributed by atoms with Crippen molar-refractivity contribution in [3.63, 3.8) is 0 Å². The van der Waals surface area contributed by atoms with Gasteiger partial charge in [-0.2, -0.15) is 0 Å². The summed E-state index contributed by atoms with van der Waals surface area (Å²) >= 11 is 0. The second kappa shape index (κ2) is 9.45. The first-order chi connectivity index (χ1) is 17.4. The number of phenols is 1. The van der Waals surface area contributed by atoms with Crippen molar-refractivity contribution in [1.29, 1.82) is 0 Å². The average molecular weight is 511 g/mol. The Kier molecular flexibility index (Phi) is 6.66. The van der Waals surface area contributed by atoms with E-state index in [1.807, 2.05) is 0 Å². The Labute approximate surface area is 211 Å². The predicted octanol–water partition coefficient (Wildman–Crippen LogP) is 2.24. The van der Waals surface area contributed by atoms with Crippen LogP contribution < -0.4 is 11.5 Å². The number of benzene rings is 2. The molecule has 2 aromatic carbocycles. The van der Waals surface area contributed by atoms with Gasteiger partial charge in [0.2, 0.25) is 5.78 Å². The lowest BCUT2D eigenvalue weighted by Crippen LogP contribution is -2.56. The lowest BCUT2D eigenvalue weighted by Gasteiger charge is -2.44. The van der Waals surface area contributed by atoms with Crippen molar-refractivity contribution < 1.29 is 39.2 Å². The summed E-state index contributed by atoms with van der Waals surface area (Å²) < 4.78 is 13.6. The third kappa shape index (κ3) is 4.28. The monoisotopic (exact) mass is 510 g/mol. The molecule has 0 heterocycles. The van der Waals surface area contributed by atoms with Gasteiger partial charge in [0.1, 0.15) is 28.7 Å². The molecule has 37 heavy (non-hydrogen) atoms. The summed E-state index contributed by atoms with van der Waals surface area (Å²) in [6, 6.07) is 8.80. The number of fused-ring (bicyclic) bond motifs is 1. The van der Waals surface area contributed by atoms with Crippen LogP contribution in [0, 0.1) is 17.7 Å². The van der Waals surface area contributed by atoms with E-state index in [4.69, 9.17) is 11.5 Å². The molecule has 0 unspecified atom stereocenters. The Bertz CT molecular complexity index is 1380. The van der Waals surface area contributed by atoms with E-state index in [0.29, 0.717) is 22.3 Å². The Morgan fingerprint density at radius 3 is 2.32 bits per heavy atom. The standard InChI is InChI=1S/C27H27FN2O7/c1-12(31)22-15(7-17-10-21(33)23(26(30)36)25(35)27(17,37)24(22)34)6-14-9-20(32)16(11-29)8-19(14)13-2-4-18(28)5-3-13/h2-5,8-9,15,17,32-34,37H,6-7,10-11,29H2,1H3,(H2,30,36)/t15-,17-,27-/m0/s1. The molecule has 0 radical (unpaired) electrons. The van der Waals surface area contributed by atoms with Crippen molar-refractivity contribution in [1.82, 2.24) is 0 Å². The second-order valence-electron chi connectivity index (χ2n) is 9.49. The van der Waals surface area contributed by atoms with Crippen LogP contribution in [-0.2, 0) is 27.3 Å². The van der Waals surface area contributed by atoms with Gasteiger partial charge in [-0.25, -0.2) is 4.39 Å². The number of ketones is 2. The number of allylic oxidation sites excluding steroid dienone is 2. The van der Waals surface area contributed by atoms with E-state index >= 15 is 0 Å². The van der Waals surface area contributed by atoms with E-state index in [1.165, 1.54) is 25.1 Å². The van der Waals surface area contributed by atoms with E-state index in [1.54, 1.807) is 18.2 Å². The van der Waals surface area contributed by atoms with Gasteiger partial charge >= 0.3 is 0 Å². The molecule has 0 saturated heterocycles. The normalized spacial score (nSPS) is 23.7. The average Bonchev–Trinajstić information content (AvgIpc) is 2.82. The van der Waals surface area contributed by atoms with Crippen LogP contribution in [-0.4, -0.2) is 43.5 Å². The highest BCUT2D eigenvalue weighted by atomic mass is 19.1. The molecule has 1 amide bonds. The first kappa shape index (κ1) is 26.1. The fourth-order valence-corrected chi connectivity index (χ4v) is 5.47. The molecule has 8 N–H and O–H groups in total. The smallest absolute Gasteiger partial charge is 0.255 e. The summed E-state index contributed by atoms with van der Waals surface area (Å²) in [4.78, 5) is 37.4. The van der Waals surface area contributed by atoms with Crippen molar-refractivity contribution in [3.8, 4) is 16.9 Å². The Morgan fingerprint density at radius 2 is 1.76 bits per heavy atom. The van der Waals surface area contributed by atoms with Crippen LogP contribution in [0.4, 0.5) is 4.39 Å². The molecule has 0 spiro atoms. The van der Waals surface area contributed by atoms with Crippen LogP contribution in [0.2, 0.25) is 0 Å². The van der Waals surface area contributed by atoms with Crippen molar-refractivity contribution in [2.45, 2.75) is 38.3 Å². The summed E-state index contributed by atoms with van der Waals surface area (Å²) in [5.74, 6) is -6.92. The maximum Gasteiger partial charge on any atom is 0.255 e. The van der Waals surface area contributed by atoms with Gasteiger partial charge in [0.25, 0.3) is 5.91 Å². The molecule has 0 aliphatic heterocycles. The highest BCUT2D eigenvalue weighted by Crippen LogP contribution is 2.49. The third-order valence-corrected chi connectivity index (χ3v) is 7.26. The number of halogens is 1. The largest absolute Gasteiger partial charge is 0.511 e. The second-order valence-corrected chi connectivity index (χ2v) is 9.49. The van der Waals surface area contributed by atoms with E-state index in [0.717, 1.165) is 0 Å². The Balaban J connectivity index is 1.84. The number of amides is 1. The molecule has 0 saturated carbocycles. The van der Waals surface area contributed by atoms with Gasteiger partial charge in [0.05, 0.1) is 0 Å². The summed E-state index contributed by atoms with van der Waals surface area (Å²) in [7, 11) is 0. The zero-order valence-electron chi connectivity index (χ0n) is 20.0. The van der Waals surface area contributed by atoms with Crippen molar-refractivity contribution in [2.24, 2.45) is 23.3 Å². The highest BCUT2D eigenvalue weighted by molar-refractivity contribution is 6.24. The lowest BCUT2D eigenvalue weighted by atomic mass is 9.62. The van der Waals surface area contributed by atoms with Gasteiger partial charge in [0.15, 0.2) is 11.4 Å². The van der Waals surface area contributed by atoms with E-state index in [2.05, 4.69) is 0 Å². The number of rotatable bonds is 6. The molecule has 194 valence electrons. The number of aliphatic hydroxyl groups is 3. The van der Waals surface area contributed by atoms with Gasteiger partial charge in [-0.15, -0.1) is 0 Å². The minimum Gasteiger partial charge on any atom is -0.511 e. The maximum absolute atomic E-state index is 13.6. The number of primary amides is 1. The van der Waals surface area contributed by atoms with E-state index in [9.17, 15) is 39.2 Å². The molecule has 0 bridgehead atoms. The number of aromatic hydroxyl groups is 1. The Morgan fingerprint density at radius 1 is 1.11 bits per heavy atom. The quantitative estimate of drug-likeness (QED) is 0.320. The number of carbonyl (C=O) groups excluding carboxylic acids is 3. The van der Waals surface area contributed by atoms with Crippen molar-refractivity contribution >= 4 is 17.5 Å². The zero-order chi connectivity index (χ0) is 27.2. The molecule has 2 aliphatic rings. The van der Waals surface area contributed by atoms with E-state index < -0.39 is 57.8 Å². The van der Waals surface area contributed by atoms with Gasteiger partial charge in [-0.3, -0.25) is 14.4 Å². The summed E-state index contributed by atoms with van der Waals surface area (Å²) in [5.41, 5.74) is 9.57. The van der Waals surface area contributed by atoms with Gasteiger partial charge in [0, 0.05) is 30.0 Å². The van der Waals surface area contributed by atoms with Crippen LogP contribution >= 0.6 is 0 Å². The zero-order valence-corrected chi connectivity index (χ0v) is 20.0. The number of hydrogen-bond donors (Lipinski definition) is 6. The number of hydrogen-bond acceptors (Lipinski definition) is 8. The topological polar surface area (TPSA) is 184 Å².